The second kappa shape index (κ2) is 10.8. The monoisotopic (exact) mass is 424 g/mol. The van der Waals surface area contributed by atoms with Crippen LogP contribution in [0.5, 0.6) is 5.75 Å². The molecule has 0 spiro atoms. The third-order valence-corrected chi connectivity index (χ3v) is 5.92. The molecule has 2 aromatic carbocycles. The minimum atomic E-state index is 0.119. The Labute approximate surface area is 182 Å². The van der Waals surface area contributed by atoms with Gasteiger partial charge in [-0.25, -0.2) is 0 Å². The first-order chi connectivity index (χ1) is 14.7. The van der Waals surface area contributed by atoms with Gasteiger partial charge in [-0.2, -0.15) is 0 Å². The molecule has 0 aliphatic carbocycles. The number of benzene rings is 2. The maximum atomic E-state index is 12.5. The Morgan fingerprint density at radius 2 is 1.73 bits per heavy atom. The van der Waals surface area contributed by atoms with Crippen molar-refractivity contribution in [2.45, 2.75) is 32.0 Å². The lowest BCUT2D eigenvalue weighted by atomic mass is 10.1. The normalized spacial score (nSPS) is 10.8. The summed E-state index contributed by atoms with van der Waals surface area (Å²) in [4.78, 5) is 14.3. The number of carbonyl (C=O) groups excluding carboxylic acids is 1. The Bertz CT molecular complexity index is 938. The molecular weight excluding hydrogens is 396 g/mol. The van der Waals surface area contributed by atoms with Gasteiger partial charge in [0.1, 0.15) is 5.75 Å². The molecule has 0 bridgehead atoms. The zero-order chi connectivity index (χ0) is 21.3. The molecule has 0 radical (unpaired) electrons. The summed E-state index contributed by atoms with van der Waals surface area (Å²) in [5.74, 6) is 2.07. The molecule has 0 atom stereocenters. The molecule has 30 heavy (non-hydrogen) atoms. The van der Waals surface area contributed by atoms with Crippen LogP contribution in [0.3, 0.4) is 0 Å². The number of rotatable bonds is 10. The zero-order valence-corrected chi connectivity index (χ0v) is 18.6. The zero-order valence-electron chi connectivity index (χ0n) is 17.7. The molecule has 3 aromatic rings. The van der Waals surface area contributed by atoms with E-state index in [0.29, 0.717) is 18.8 Å². The highest BCUT2D eigenvalue weighted by Gasteiger charge is 2.17. The quantitative estimate of drug-likeness (QED) is 0.458. The number of methoxy groups -OCH3 is 1. The average molecular weight is 425 g/mol. The summed E-state index contributed by atoms with van der Waals surface area (Å²) in [5.41, 5.74) is 2.22. The Morgan fingerprint density at radius 3 is 2.37 bits per heavy atom. The summed E-state index contributed by atoms with van der Waals surface area (Å²) >= 11 is 1.45. The number of ether oxygens (including phenoxy) is 1. The Kier molecular flexibility index (Phi) is 7.90. The van der Waals surface area contributed by atoms with Gasteiger partial charge >= 0.3 is 0 Å². The molecule has 1 aromatic heterocycles. The van der Waals surface area contributed by atoms with Crippen molar-refractivity contribution in [3.05, 3.63) is 60.2 Å². The number of hydrogen-bond acceptors (Lipinski definition) is 5. The number of aromatic nitrogens is 3. The van der Waals surface area contributed by atoms with Crippen LogP contribution in [0.4, 0.5) is 0 Å². The SMILES string of the molecule is CCN(CC)C(=O)CSc1nnc(-c2ccc(OC)cc2)n1CCc1ccccc1. The van der Waals surface area contributed by atoms with Crippen molar-refractivity contribution in [1.29, 1.82) is 0 Å². The topological polar surface area (TPSA) is 60.3 Å². The molecule has 0 unspecified atom stereocenters. The van der Waals surface area contributed by atoms with Crippen molar-refractivity contribution in [2.24, 2.45) is 0 Å². The molecule has 0 fully saturated rings. The van der Waals surface area contributed by atoms with Gasteiger partial charge in [0.15, 0.2) is 11.0 Å². The lowest BCUT2D eigenvalue weighted by Gasteiger charge is -2.18. The number of carbonyl (C=O) groups is 1. The van der Waals surface area contributed by atoms with E-state index in [4.69, 9.17) is 4.74 Å². The van der Waals surface area contributed by atoms with Crippen molar-refractivity contribution in [3.8, 4) is 17.1 Å². The maximum Gasteiger partial charge on any atom is 0.233 e. The van der Waals surface area contributed by atoms with E-state index in [1.54, 1.807) is 7.11 Å². The van der Waals surface area contributed by atoms with E-state index >= 15 is 0 Å². The van der Waals surface area contributed by atoms with E-state index < -0.39 is 0 Å². The summed E-state index contributed by atoms with van der Waals surface area (Å²) in [6.45, 7) is 6.16. The van der Waals surface area contributed by atoms with Crippen LogP contribution in [0.15, 0.2) is 59.8 Å². The van der Waals surface area contributed by atoms with Crippen LogP contribution in [-0.4, -0.2) is 51.5 Å². The first-order valence-electron chi connectivity index (χ1n) is 10.2. The molecule has 6 nitrogen and oxygen atoms in total. The first-order valence-corrected chi connectivity index (χ1v) is 11.2. The molecule has 0 aliphatic rings. The standard InChI is InChI=1S/C23H28N4O2S/c1-4-26(5-2)21(28)17-30-23-25-24-22(19-11-13-20(29-3)14-12-19)27(23)16-15-18-9-7-6-8-10-18/h6-14H,4-5,15-17H2,1-3H3. The third kappa shape index (κ3) is 5.42. The van der Waals surface area contributed by atoms with Gasteiger partial charge in [0, 0.05) is 25.2 Å². The van der Waals surface area contributed by atoms with Crippen molar-refractivity contribution in [3.63, 3.8) is 0 Å². The molecule has 7 heteroatoms. The van der Waals surface area contributed by atoms with Gasteiger partial charge in [-0.15, -0.1) is 10.2 Å². The van der Waals surface area contributed by atoms with Crippen molar-refractivity contribution in [1.82, 2.24) is 19.7 Å². The number of amides is 1. The van der Waals surface area contributed by atoms with Gasteiger partial charge in [-0.1, -0.05) is 42.1 Å². The van der Waals surface area contributed by atoms with Crippen LogP contribution in [0.25, 0.3) is 11.4 Å². The second-order valence-electron chi connectivity index (χ2n) is 6.78. The van der Waals surface area contributed by atoms with Gasteiger partial charge in [0.05, 0.1) is 12.9 Å². The van der Waals surface area contributed by atoms with Gasteiger partial charge < -0.3 is 14.2 Å². The Morgan fingerprint density at radius 1 is 1.03 bits per heavy atom. The maximum absolute atomic E-state index is 12.5. The number of nitrogens with zero attached hydrogens (tertiary/aromatic N) is 4. The molecule has 1 amide bonds. The predicted molar refractivity (Wildman–Crippen MR) is 121 cm³/mol. The highest BCUT2D eigenvalue weighted by Crippen LogP contribution is 2.26. The molecule has 158 valence electrons. The highest BCUT2D eigenvalue weighted by molar-refractivity contribution is 7.99. The summed E-state index contributed by atoms with van der Waals surface area (Å²) in [6.07, 6.45) is 0.861. The van der Waals surface area contributed by atoms with Crippen molar-refractivity contribution >= 4 is 17.7 Å². The third-order valence-electron chi connectivity index (χ3n) is 4.97. The van der Waals surface area contributed by atoms with Crippen LogP contribution >= 0.6 is 11.8 Å². The predicted octanol–water partition coefficient (Wildman–Crippen LogP) is 4.16. The van der Waals surface area contributed by atoms with E-state index in [1.165, 1.54) is 17.3 Å². The van der Waals surface area contributed by atoms with Crippen LogP contribution in [0.2, 0.25) is 0 Å². The molecule has 0 N–H and O–H groups in total. The van der Waals surface area contributed by atoms with Gasteiger partial charge in [0.2, 0.25) is 5.91 Å². The fourth-order valence-corrected chi connectivity index (χ4v) is 4.10. The van der Waals surface area contributed by atoms with Crippen molar-refractivity contribution < 1.29 is 9.53 Å². The smallest absolute Gasteiger partial charge is 0.233 e. The van der Waals surface area contributed by atoms with Gasteiger partial charge in [-0.05, 0) is 50.1 Å². The summed E-state index contributed by atoms with van der Waals surface area (Å²) in [5, 5.41) is 9.61. The second-order valence-corrected chi connectivity index (χ2v) is 7.72. The van der Waals surface area contributed by atoms with E-state index in [0.717, 1.165) is 35.3 Å². The van der Waals surface area contributed by atoms with Gasteiger partial charge in [0.25, 0.3) is 0 Å². The van der Waals surface area contributed by atoms with Crippen LogP contribution in [0, 0.1) is 0 Å². The lowest BCUT2D eigenvalue weighted by molar-refractivity contribution is -0.127. The van der Waals surface area contributed by atoms with Crippen LogP contribution < -0.4 is 4.74 Å². The average Bonchev–Trinajstić information content (AvgIpc) is 3.20. The molecule has 0 saturated carbocycles. The molecule has 1 heterocycles. The van der Waals surface area contributed by atoms with E-state index in [9.17, 15) is 4.79 Å². The van der Waals surface area contributed by atoms with Gasteiger partial charge in [-0.3, -0.25) is 4.79 Å². The molecule has 0 saturated heterocycles. The number of aryl methyl sites for hydroxylation is 1. The van der Waals surface area contributed by atoms with E-state index in [1.807, 2.05) is 61.2 Å². The van der Waals surface area contributed by atoms with Crippen molar-refractivity contribution in [2.75, 3.05) is 26.0 Å². The molecule has 0 aliphatic heterocycles. The number of thioether (sulfide) groups is 1. The first kappa shape index (κ1) is 21.9. The minimum absolute atomic E-state index is 0.119. The Balaban J connectivity index is 1.83. The highest BCUT2D eigenvalue weighted by atomic mass is 32.2. The van der Waals surface area contributed by atoms with Crippen LogP contribution in [0.1, 0.15) is 19.4 Å². The molecular formula is C23H28N4O2S. The summed E-state index contributed by atoms with van der Waals surface area (Å²) < 4.78 is 7.37. The van der Waals surface area contributed by atoms with Crippen LogP contribution in [-0.2, 0) is 17.8 Å². The lowest BCUT2D eigenvalue weighted by Crippen LogP contribution is -2.31. The molecule has 3 rings (SSSR count). The fraction of sp³-hybridized carbons (Fsp3) is 0.348. The van der Waals surface area contributed by atoms with E-state index in [-0.39, 0.29) is 5.91 Å². The number of hydrogen-bond donors (Lipinski definition) is 0. The van der Waals surface area contributed by atoms with E-state index in [2.05, 4.69) is 26.9 Å². The summed E-state index contributed by atoms with van der Waals surface area (Å²) in [6, 6.07) is 18.2. The fourth-order valence-electron chi connectivity index (χ4n) is 3.23. The Hall–Kier alpha value is -2.80. The minimum Gasteiger partial charge on any atom is -0.497 e. The summed E-state index contributed by atoms with van der Waals surface area (Å²) in [7, 11) is 1.65. The largest absolute Gasteiger partial charge is 0.497 e.